The summed E-state index contributed by atoms with van der Waals surface area (Å²) in [7, 11) is 4.01. The van der Waals surface area contributed by atoms with Crippen molar-refractivity contribution >= 4 is 5.91 Å². The Balaban J connectivity index is 1.92. The molecule has 2 rings (SSSR count). The van der Waals surface area contributed by atoms with E-state index in [-0.39, 0.29) is 12.5 Å². The number of aryl methyl sites for hydroxylation is 1. The quantitative estimate of drug-likeness (QED) is 0.745. The Morgan fingerprint density at radius 2 is 2.13 bits per heavy atom. The molecule has 1 amide bonds. The number of benzene rings is 1. The van der Waals surface area contributed by atoms with Gasteiger partial charge in [-0.1, -0.05) is 17.3 Å². The van der Waals surface area contributed by atoms with Crippen molar-refractivity contribution in [2.24, 2.45) is 0 Å². The second-order valence-electron chi connectivity index (χ2n) is 5.43. The van der Waals surface area contributed by atoms with Crippen LogP contribution in [0.3, 0.4) is 0 Å². The minimum atomic E-state index is -0.149. The first-order valence-electron chi connectivity index (χ1n) is 7.50. The molecule has 0 aliphatic rings. The SMILES string of the molecule is Cc1nc(COc2ccccc2C(=O)NCCCN(C)C)no1. The van der Waals surface area contributed by atoms with E-state index in [1.807, 2.05) is 20.2 Å². The zero-order chi connectivity index (χ0) is 16.7. The molecule has 0 spiro atoms. The van der Waals surface area contributed by atoms with Gasteiger partial charge < -0.3 is 19.5 Å². The Hall–Kier alpha value is -2.41. The topological polar surface area (TPSA) is 80.5 Å². The van der Waals surface area contributed by atoms with Crippen LogP contribution in [0.15, 0.2) is 28.8 Å². The van der Waals surface area contributed by atoms with Crippen molar-refractivity contribution in [2.75, 3.05) is 27.2 Å². The first kappa shape index (κ1) is 17.0. The number of carbonyl (C=O) groups is 1. The number of nitrogens with zero attached hydrogens (tertiary/aromatic N) is 3. The van der Waals surface area contributed by atoms with Gasteiger partial charge in [0.05, 0.1) is 5.56 Å². The highest BCUT2D eigenvalue weighted by atomic mass is 16.5. The van der Waals surface area contributed by atoms with Crippen LogP contribution in [-0.4, -0.2) is 48.1 Å². The van der Waals surface area contributed by atoms with Crippen LogP contribution in [0.5, 0.6) is 5.75 Å². The number of nitrogens with one attached hydrogen (secondary N) is 1. The summed E-state index contributed by atoms with van der Waals surface area (Å²) in [5.41, 5.74) is 0.498. The molecule has 23 heavy (non-hydrogen) atoms. The number of hydrogen-bond acceptors (Lipinski definition) is 6. The molecule has 0 aliphatic heterocycles. The largest absolute Gasteiger partial charge is 0.485 e. The molecular weight excluding hydrogens is 296 g/mol. The highest BCUT2D eigenvalue weighted by Crippen LogP contribution is 2.18. The average molecular weight is 318 g/mol. The van der Waals surface area contributed by atoms with Gasteiger partial charge in [-0.3, -0.25) is 4.79 Å². The van der Waals surface area contributed by atoms with Gasteiger partial charge in [-0.05, 0) is 39.2 Å². The molecule has 1 aromatic heterocycles. The third-order valence-electron chi connectivity index (χ3n) is 3.13. The maximum atomic E-state index is 12.3. The molecule has 124 valence electrons. The molecule has 1 heterocycles. The minimum absolute atomic E-state index is 0.149. The van der Waals surface area contributed by atoms with Crippen LogP contribution >= 0.6 is 0 Å². The number of ether oxygens (including phenoxy) is 1. The molecule has 0 saturated heterocycles. The third-order valence-corrected chi connectivity index (χ3v) is 3.13. The second kappa shape index (κ2) is 8.28. The van der Waals surface area contributed by atoms with Crippen LogP contribution in [-0.2, 0) is 6.61 Å². The van der Waals surface area contributed by atoms with E-state index in [1.54, 1.807) is 25.1 Å². The van der Waals surface area contributed by atoms with Gasteiger partial charge in [-0.15, -0.1) is 0 Å². The summed E-state index contributed by atoms with van der Waals surface area (Å²) in [6.07, 6.45) is 0.893. The summed E-state index contributed by atoms with van der Waals surface area (Å²) in [6, 6.07) is 7.11. The highest BCUT2D eigenvalue weighted by Gasteiger charge is 2.12. The van der Waals surface area contributed by atoms with E-state index in [4.69, 9.17) is 9.26 Å². The van der Waals surface area contributed by atoms with Crippen molar-refractivity contribution < 1.29 is 14.1 Å². The fourth-order valence-corrected chi connectivity index (χ4v) is 2.01. The molecule has 0 unspecified atom stereocenters. The summed E-state index contributed by atoms with van der Waals surface area (Å²) < 4.78 is 10.5. The van der Waals surface area contributed by atoms with Gasteiger partial charge in [0.1, 0.15) is 5.75 Å². The molecule has 0 aliphatic carbocycles. The highest BCUT2D eigenvalue weighted by molar-refractivity contribution is 5.96. The molecule has 2 aromatic rings. The van der Waals surface area contributed by atoms with Crippen molar-refractivity contribution in [2.45, 2.75) is 20.0 Å². The monoisotopic (exact) mass is 318 g/mol. The number of aromatic nitrogens is 2. The molecule has 0 radical (unpaired) electrons. The molecular formula is C16H22N4O3. The number of hydrogen-bond donors (Lipinski definition) is 1. The summed E-state index contributed by atoms with van der Waals surface area (Å²) in [4.78, 5) is 18.4. The van der Waals surface area contributed by atoms with E-state index in [2.05, 4.69) is 20.4 Å². The number of amides is 1. The normalized spacial score (nSPS) is 10.8. The molecule has 1 aromatic carbocycles. The van der Waals surface area contributed by atoms with Crippen LogP contribution in [0.4, 0.5) is 0 Å². The van der Waals surface area contributed by atoms with Gasteiger partial charge in [0.2, 0.25) is 11.7 Å². The number of para-hydroxylation sites is 1. The number of carbonyl (C=O) groups excluding carboxylic acids is 1. The van der Waals surface area contributed by atoms with E-state index in [1.165, 1.54) is 0 Å². The molecule has 7 nitrogen and oxygen atoms in total. The van der Waals surface area contributed by atoms with E-state index in [0.717, 1.165) is 13.0 Å². The standard InChI is InChI=1S/C16H22N4O3/c1-12-18-15(19-23-12)11-22-14-8-5-4-7-13(14)16(21)17-9-6-10-20(2)3/h4-5,7-8H,6,9-11H2,1-3H3,(H,17,21). The Morgan fingerprint density at radius 3 is 2.83 bits per heavy atom. The molecule has 0 fully saturated rings. The zero-order valence-corrected chi connectivity index (χ0v) is 13.7. The van der Waals surface area contributed by atoms with Crippen LogP contribution in [0, 0.1) is 6.92 Å². The van der Waals surface area contributed by atoms with Crippen LogP contribution in [0.25, 0.3) is 0 Å². The predicted molar refractivity (Wildman–Crippen MR) is 85.3 cm³/mol. The molecule has 7 heteroatoms. The van der Waals surface area contributed by atoms with Crippen molar-refractivity contribution in [3.8, 4) is 5.75 Å². The van der Waals surface area contributed by atoms with E-state index in [0.29, 0.717) is 29.6 Å². The molecule has 0 atom stereocenters. The smallest absolute Gasteiger partial charge is 0.255 e. The van der Waals surface area contributed by atoms with Gasteiger partial charge in [-0.2, -0.15) is 4.98 Å². The first-order valence-corrected chi connectivity index (χ1v) is 7.50. The Bertz CT molecular complexity index is 640. The van der Waals surface area contributed by atoms with Crippen molar-refractivity contribution in [3.63, 3.8) is 0 Å². The van der Waals surface area contributed by atoms with Crippen molar-refractivity contribution in [3.05, 3.63) is 41.5 Å². The van der Waals surface area contributed by atoms with E-state index in [9.17, 15) is 4.79 Å². The molecule has 1 N–H and O–H groups in total. The first-order chi connectivity index (χ1) is 11.1. The van der Waals surface area contributed by atoms with Gasteiger partial charge >= 0.3 is 0 Å². The molecule has 0 bridgehead atoms. The Kier molecular flexibility index (Phi) is 6.10. The summed E-state index contributed by atoms with van der Waals surface area (Å²) in [5.74, 6) is 1.28. The fourth-order valence-electron chi connectivity index (χ4n) is 2.01. The number of rotatable bonds is 8. The molecule has 0 saturated carbocycles. The van der Waals surface area contributed by atoms with Crippen LogP contribution < -0.4 is 10.1 Å². The zero-order valence-electron chi connectivity index (χ0n) is 13.7. The van der Waals surface area contributed by atoms with Crippen molar-refractivity contribution in [1.82, 2.24) is 20.4 Å². The van der Waals surface area contributed by atoms with Gasteiger partial charge in [-0.25, -0.2) is 0 Å². The lowest BCUT2D eigenvalue weighted by Crippen LogP contribution is -2.27. The van der Waals surface area contributed by atoms with Gasteiger partial charge in [0.15, 0.2) is 6.61 Å². The third kappa shape index (κ3) is 5.37. The van der Waals surface area contributed by atoms with E-state index >= 15 is 0 Å². The van der Waals surface area contributed by atoms with Crippen molar-refractivity contribution in [1.29, 1.82) is 0 Å². The van der Waals surface area contributed by atoms with Gasteiger partial charge in [0, 0.05) is 13.5 Å². The summed E-state index contributed by atoms with van der Waals surface area (Å²) >= 11 is 0. The summed E-state index contributed by atoms with van der Waals surface area (Å²) in [5, 5.41) is 6.67. The van der Waals surface area contributed by atoms with Crippen LogP contribution in [0.2, 0.25) is 0 Å². The van der Waals surface area contributed by atoms with Gasteiger partial charge in [0.25, 0.3) is 5.91 Å². The minimum Gasteiger partial charge on any atom is -0.485 e. The second-order valence-corrected chi connectivity index (χ2v) is 5.43. The average Bonchev–Trinajstić information content (AvgIpc) is 2.95. The van der Waals surface area contributed by atoms with Crippen LogP contribution in [0.1, 0.15) is 28.5 Å². The Morgan fingerprint density at radius 1 is 1.35 bits per heavy atom. The predicted octanol–water partition coefficient (Wildman–Crippen LogP) is 1.64. The maximum Gasteiger partial charge on any atom is 0.255 e. The lowest BCUT2D eigenvalue weighted by molar-refractivity contribution is 0.0947. The lowest BCUT2D eigenvalue weighted by Gasteiger charge is -2.12. The maximum absolute atomic E-state index is 12.3. The van der Waals surface area contributed by atoms with E-state index < -0.39 is 0 Å². The lowest BCUT2D eigenvalue weighted by atomic mass is 10.2. The fraction of sp³-hybridized carbons (Fsp3) is 0.438. The Labute approximate surface area is 135 Å². The summed E-state index contributed by atoms with van der Waals surface area (Å²) in [6.45, 7) is 3.42.